The molecule has 4 nitrogen and oxygen atoms in total. The molecule has 0 aromatic heterocycles. The second-order valence-electron chi connectivity index (χ2n) is 11.3. The Bertz CT molecular complexity index is 435. The molecule has 2 fully saturated rings. The summed E-state index contributed by atoms with van der Waals surface area (Å²) in [5.74, 6) is 3.63. The normalized spacial score (nSPS) is 32.2. The molecule has 2 aliphatic carbocycles. The van der Waals surface area contributed by atoms with E-state index >= 15 is 0 Å². The van der Waals surface area contributed by atoms with Crippen LogP contribution >= 0.6 is 0 Å². The second kappa shape index (κ2) is 9.56. The van der Waals surface area contributed by atoms with Crippen molar-refractivity contribution in [2.45, 2.75) is 74.5 Å². The maximum Gasteiger partial charge on any atom is 0.163 e. The van der Waals surface area contributed by atoms with Gasteiger partial charge in [0.05, 0.1) is 26.4 Å². The van der Waals surface area contributed by atoms with Gasteiger partial charge in [0.25, 0.3) is 0 Å². The predicted octanol–water partition coefficient (Wildman–Crippen LogP) is 5.36. The summed E-state index contributed by atoms with van der Waals surface area (Å²) < 4.78 is 23.8. The Kier molecular flexibility index (Phi) is 8.19. The Balaban J connectivity index is 1.82. The molecule has 0 aliphatic heterocycles. The maximum atomic E-state index is 6.18. The monoisotopic (exact) mass is 384 g/mol. The standard InChI is InChI=1S/C23H44O4/c1-16-17(2)19-11-18(16)12-20(19)21(27-15-25-14-23(6,7)8)26-10-9-24-13-22(3,4)5/h16-21H,9-15H2,1-8H3. The summed E-state index contributed by atoms with van der Waals surface area (Å²) in [6, 6.07) is 0. The summed E-state index contributed by atoms with van der Waals surface area (Å²) in [6.07, 6.45) is 2.39. The number of rotatable bonds is 10. The van der Waals surface area contributed by atoms with Gasteiger partial charge in [-0.2, -0.15) is 0 Å². The Morgan fingerprint density at radius 2 is 1.41 bits per heavy atom. The van der Waals surface area contributed by atoms with Gasteiger partial charge in [-0.1, -0.05) is 55.4 Å². The van der Waals surface area contributed by atoms with Crippen molar-refractivity contribution < 1.29 is 18.9 Å². The number of ether oxygens (including phenoxy) is 4. The molecule has 2 rings (SSSR count). The largest absolute Gasteiger partial charge is 0.379 e. The fraction of sp³-hybridized carbons (Fsp3) is 1.00. The molecular formula is C23H44O4. The lowest BCUT2D eigenvalue weighted by molar-refractivity contribution is -0.234. The van der Waals surface area contributed by atoms with E-state index in [0.717, 1.165) is 24.4 Å². The van der Waals surface area contributed by atoms with Gasteiger partial charge in [0.1, 0.15) is 6.79 Å². The number of hydrogen-bond acceptors (Lipinski definition) is 4. The Morgan fingerprint density at radius 3 is 1.96 bits per heavy atom. The number of hydrogen-bond donors (Lipinski definition) is 0. The van der Waals surface area contributed by atoms with Gasteiger partial charge in [-0.3, -0.25) is 0 Å². The lowest BCUT2D eigenvalue weighted by Gasteiger charge is -2.36. The highest BCUT2D eigenvalue weighted by atomic mass is 16.7. The third kappa shape index (κ3) is 7.30. The summed E-state index contributed by atoms with van der Waals surface area (Å²) in [7, 11) is 0. The van der Waals surface area contributed by atoms with Crippen molar-refractivity contribution in [3.05, 3.63) is 0 Å². The number of fused-ring (bicyclic) bond motifs is 2. The van der Waals surface area contributed by atoms with Crippen molar-refractivity contribution in [2.75, 3.05) is 33.2 Å². The molecule has 0 saturated heterocycles. The van der Waals surface area contributed by atoms with Gasteiger partial charge in [-0.05, 0) is 47.3 Å². The van der Waals surface area contributed by atoms with E-state index in [4.69, 9.17) is 18.9 Å². The van der Waals surface area contributed by atoms with Crippen LogP contribution in [-0.2, 0) is 18.9 Å². The van der Waals surface area contributed by atoms with Crippen LogP contribution < -0.4 is 0 Å². The van der Waals surface area contributed by atoms with Crippen LogP contribution in [0.5, 0.6) is 0 Å². The predicted molar refractivity (Wildman–Crippen MR) is 109 cm³/mol. The highest BCUT2D eigenvalue weighted by Gasteiger charge is 2.51. The van der Waals surface area contributed by atoms with E-state index in [1.807, 2.05) is 0 Å². The van der Waals surface area contributed by atoms with E-state index in [9.17, 15) is 0 Å². The van der Waals surface area contributed by atoms with Gasteiger partial charge >= 0.3 is 0 Å². The van der Waals surface area contributed by atoms with E-state index in [2.05, 4.69) is 55.4 Å². The van der Waals surface area contributed by atoms with Crippen LogP contribution in [0.1, 0.15) is 68.2 Å². The summed E-state index contributed by atoms with van der Waals surface area (Å²) in [5, 5.41) is 0. The van der Waals surface area contributed by atoms with Crippen LogP contribution in [0.3, 0.4) is 0 Å². The zero-order valence-electron chi connectivity index (χ0n) is 19.0. The molecule has 4 heteroatoms. The van der Waals surface area contributed by atoms with Crippen LogP contribution in [0.15, 0.2) is 0 Å². The molecule has 0 aromatic rings. The second-order valence-corrected chi connectivity index (χ2v) is 11.3. The van der Waals surface area contributed by atoms with E-state index < -0.39 is 0 Å². The highest BCUT2D eigenvalue weighted by Crippen LogP contribution is 2.56. The molecule has 0 amide bonds. The molecule has 27 heavy (non-hydrogen) atoms. The van der Waals surface area contributed by atoms with Gasteiger partial charge < -0.3 is 18.9 Å². The van der Waals surface area contributed by atoms with Gasteiger partial charge in [0.2, 0.25) is 0 Å². The maximum absolute atomic E-state index is 6.18. The first-order valence-electron chi connectivity index (χ1n) is 10.9. The smallest absolute Gasteiger partial charge is 0.163 e. The molecular weight excluding hydrogens is 340 g/mol. The SMILES string of the molecule is CC1C2CC(C(OCCOCC(C)(C)C)OCOCC(C)(C)C)C(C2)C1C. The first-order valence-corrected chi connectivity index (χ1v) is 10.9. The summed E-state index contributed by atoms with van der Waals surface area (Å²) in [5.41, 5.74) is 0.337. The van der Waals surface area contributed by atoms with Crippen molar-refractivity contribution in [3.8, 4) is 0 Å². The van der Waals surface area contributed by atoms with E-state index in [-0.39, 0.29) is 17.1 Å². The quantitative estimate of drug-likeness (QED) is 0.375. The fourth-order valence-electron chi connectivity index (χ4n) is 4.67. The molecule has 0 spiro atoms. The van der Waals surface area contributed by atoms with Crippen LogP contribution in [-0.4, -0.2) is 39.5 Å². The molecule has 2 aliphatic rings. The van der Waals surface area contributed by atoms with Crippen LogP contribution in [0, 0.1) is 40.4 Å². The molecule has 0 N–H and O–H groups in total. The molecule has 0 aromatic carbocycles. The fourth-order valence-corrected chi connectivity index (χ4v) is 4.67. The van der Waals surface area contributed by atoms with Crippen molar-refractivity contribution in [3.63, 3.8) is 0 Å². The van der Waals surface area contributed by atoms with Gasteiger partial charge in [-0.25, -0.2) is 0 Å². The van der Waals surface area contributed by atoms with Crippen molar-refractivity contribution in [1.29, 1.82) is 0 Å². The Hall–Kier alpha value is -0.160. The van der Waals surface area contributed by atoms with Crippen LogP contribution in [0.2, 0.25) is 0 Å². The van der Waals surface area contributed by atoms with E-state index in [1.54, 1.807) is 0 Å². The molecule has 6 unspecified atom stereocenters. The minimum absolute atomic E-state index is 0.150. The summed E-state index contributed by atoms with van der Waals surface area (Å²) in [6.45, 7) is 20.8. The van der Waals surface area contributed by atoms with Crippen LogP contribution in [0.25, 0.3) is 0 Å². The van der Waals surface area contributed by atoms with Gasteiger partial charge in [-0.15, -0.1) is 0 Å². The first kappa shape index (κ1) is 23.1. The molecule has 0 heterocycles. The third-order valence-corrected chi connectivity index (χ3v) is 6.19. The lowest BCUT2D eigenvalue weighted by Crippen LogP contribution is -2.37. The van der Waals surface area contributed by atoms with Crippen molar-refractivity contribution in [1.82, 2.24) is 0 Å². The minimum atomic E-state index is -0.173. The molecule has 2 bridgehead atoms. The topological polar surface area (TPSA) is 36.9 Å². The average Bonchev–Trinajstić information content (AvgIpc) is 3.07. The summed E-state index contributed by atoms with van der Waals surface area (Å²) in [4.78, 5) is 0. The first-order chi connectivity index (χ1) is 12.5. The average molecular weight is 385 g/mol. The molecule has 2 saturated carbocycles. The minimum Gasteiger partial charge on any atom is -0.379 e. The molecule has 160 valence electrons. The Morgan fingerprint density at radius 1 is 0.778 bits per heavy atom. The van der Waals surface area contributed by atoms with Crippen LogP contribution in [0.4, 0.5) is 0 Å². The summed E-state index contributed by atoms with van der Waals surface area (Å²) >= 11 is 0. The van der Waals surface area contributed by atoms with E-state index in [0.29, 0.717) is 38.4 Å². The highest BCUT2D eigenvalue weighted by molar-refractivity contribution is 4.98. The van der Waals surface area contributed by atoms with Crippen molar-refractivity contribution >= 4 is 0 Å². The van der Waals surface area contributed by atoms with Gasteiger partial charge in [0.15, 0.2) is 6.29 Å². The van der Waals surface area contributed by atoms with Gasteiger partial charge in [0, 0.05) is 5.92 Å². The third-order valence-electron chi connectivity index (χ3n) is 6.19. The van der Waals surface area contributed by atoms with E-state index in [1.165, 1.54) is 12.8 Å². The zero-order valence-corrected chi connectivity index (χ0v) is 19.0. The molecule has 6 atom stereocenters. The zero-order chi connectivity index (χ0) is 20.2. The lowest BCUT2D eigenvalue weighted by atomic mass is 9.75. The van der Waals surface area contributed by atoms with Crippen molar-refractivity contribution in [2.24, 2.45) is 40.4 Å². The molecule has 0 radical (unpaired) electrons. The Labute approximate surface area is 167 Å².